The summed E-state index contributed by atoms with van der Waals surface area (Å²) in [7, 11) is 0. The number of carbonyl (C=O) groups excluding carboxylic acids is 1. The van der Waals surface area contributed by atoms with Gasteiger partial charge in [0.25, 0.3) is 0 Å². The first kappa shape index (κ1) is 14.0. The smallest absolute Gasteiger partial charge is 0.248 e. The van der Waals surface area contributed by atoms with E-state index in [0.29, 0.717) is 6.61 Å². The van der Waals surface area contributed by atoms with Gasteiger partial charge in [0.1, 0.15) is 6.61 Å². The number of benzene rings is 1. The number of rotatable bonds is 5. The first-order valence-electron chi connectivity index (χ1n) is 6.83. The molecule has 1 amide bonds. The minimum atomic E-state index is -0.0263. The van der Waals surface area contributed by atoms with E-state index in [1.165, 1.54) is 0 Å². The summed E-state index contributed by atoms with van der Waals surface area (Å²) in [6.45, 7) is 1.32. The van der Waals surface area contributed by atoms with Crippen LogP contribution in [-0.4, -0.2) is 41.7 Å². The average Bonchev–Trinajstić information content (AvgIpc) is 2.48. The molecule has 104 valence electrons. The SMILES string of the molecule is O=C(COCc1ccccc1)N1CCCCC1CO. The van der Waals surface area contributed by atoms with E-state index in [1.54, 1.807) is 4.90 Å². The highest BCUT2D eigenvalue weighted by Gasteiger charge is 2.25. The molecule has 1 N–H and O–H groups in total. The van der Waals surface area contributed by atoms with Gasteiger partial charge in [0.2, 0.25) is 5.91 Å². The summed E-state index contributed by atoms with van der Waals surface area (Å²) in [4.78, 5) is 13.8. The second-order valence-corrected chi connectivity index (χ2v) is 4.90. The number of likely N-dealkylation sites (tertiary alicyclic amines) is 1. The topological polar surface area (TPSA) is 49.8 Å². The van der Waals surface area contributed by atoms with Crippen LogP contribution in [0.5, 0.6) is 0 Å². The van der Waals surface area contributed by atoms with Crippen LogP contribution in [-0.2, 0) is 16.1 Å². The van der Waals surface area contributed by atoms with Gasteiger partial charge in [0, 0.05) is 6.54 Å². The maximum Gasteiger partial charge on any atom is 0.248 e. The van der Waals surface area contributed by atoms with Crippen molar-refractivity contribution >= 4 is 5.91 Å². The maximum absolute atomic E-state index is 12.0. The number of carbonyl (C=O) groups is 1. The van der Waals surface area contributed by atoms with Crippen molar-refractivity contribution in [1.29, 1.82) is 0 Å². The Bertz CT molecular complexity index is 394. The molecule has 1 heterocycles. The van der Waals surface area contributed by atoms with Crippen LogP contribution in [0.3, 0.4) is 0 Å². The fourth-order valence-electron chi connectivity index (χ4n) is 2.43. The highest BCUT2D eigenvalue weighted by molar-refractivity contribution is 5.77. The third kappa shape index (κ3) is 4.04. The Morgan fingerprint density at radius 2 is 2.11 bits per heavy atom. The van der Waals surface area contributed by atoms with Crippen molar-refractivity contribution in [3.8, 4) is 0 Å². The lowest BCUT2D eigenvalue weighted by molar-refractivity contribution is -0.141. The zero-order valence-electron chi connectivity index (χ0n) is 11.1. The summed E-state index contributed by atoms with van der Waals surface area (Å²) in [5.41, 5.74) is 1.06. The number of piperidine rings is 1. The van der Waals surface area contributed by atoms with E-state index in [0.717, 1.165) is 31.4 Å². The van der Waals surface area contributed by atoms with Crippen LogP contribution in [0.2, 0.25) is 0 Å². The lowest BCUT2D eigenvalue weighted by atomic mass is 10.0. The van der Waals surface area contributed by atoms with Gasteiger partial charge in [0.05, 0.1) is 19.3 Å². The summed E-state index contributed by atoms with van der Waals surface area (Å²) >= 11 is 0. The molecule has 0 aromatic heterocycles. The molecule has 1 aliphatic heterocycles. The van der Waals surface area contributed by atoms with Crippen LogP contribution in [0, 0.1) is 0 Å². The molecule has 0 saturated carbocycles. The Hall–Kier alpha value is -1.39. The third-order valence-corrected chi connectivity index (χ3v) is 3.50. The minimum Gasteiger partial charge on any atom is -0.394 e. The van der Waals surface area contributed by atoms with Crippen molar-refractivity contribution in [2.75, 3.05) is 19.8 Å². The van der Waals surface area contributed by atoms with Crippen molar-refractivity contribution in [2.24, 2.45) is 0 Å². The number of amides is 1. The molecule has 1 aromatic rings. The summed E-state index contributed by atoms with van der Waals surface area (Å²) in [5, 5.41) is 9.28. The van der Waals surface area contributed by atoms with E-state index in [4.69, 9.17) is 4.74 Å². The second kappa shape index (κ2) is 7.26. The standard InChI is InChI=1S/C15H21NO3/c17-10-14-8-4-5-9-16(14)15(18)12-19-11-13-6-2-1-3-7-13/h1-3,6-7,14,17H,4-5,8-12H2. The van der Waals surface area contributed by atoms with E-state index in [1.807, 2.05) is 30.3 Å². The molecule has 4 heteroatoms. The van der Waals surface area contributed by atoms with Crippen molar-refractivity contribution < 1.29 is 14.6 Å². The molecule has 1 unspecified atom stereocenters. The predicted octanol–water partition coefficient (Wildman–Crippen LogP) is 1.58. The van der Waals surface area contributed by atoms with Gasteiger partial charge >= 0.3 is 0 Å². The van der Waals surface area contributed by atoms with Gasteiger partial charge in [-0.1, -0.05) is 30.3 Å². The van der Waals surface area contributed by atoms with Gasteiger partial charge in [-0.3, -0.25) is 4.79 Å². The van der Waals surface area contributed by atoms with Crippen LogP contribution in [0.1, 0.15) is 24.8 Å². The third-order valence-electron chi connectivity index (χ3n) is 3.50. The van der Waals surface area contributed by atoms with E-state index in [-0.39, 0.29) is 25.2 Å². The molecular weight excluding hydrogens is 242 g/mol. The van der Waals surface area contributed by atoms with Crippen LogP contribution >= 0.6 is 0 Å². The molecular formula is C15H21NO3. The van der Waals surface area contributed by atoms with Crippen LogP contribution in [0.4, 0.5) is 0 Å². The molecule has 1 aliphatic rings. The summed E-state index contributed by atoms with van der Waals surface area (Å²) in [5.74, 6) is -0.0188. The van der Waals surface area contributed by atoms with E-state index >= 15 is 0 Å². The van der Waals surface area contributed by atoms with Crippen molar-refractivity contribution in [3.63, 3.8) is 0 Å². The van der Waals surface area contributed by atoms with Gasteiger partial charge in [-0.2, -0.15) is 0 Å². The molecule has 1 atom stereocenters. The number of aliphatic hydroxyl groups excluding tert-OH is 1. The Morgan fingerprint density at radius 3 is 2.84 bits per heavy atom. The van der Waals surface area contributed by atoms with Crippen LogP contribution < -0.4 is 0 Å². The number of hydrogen-bond acceptors (Lipinski definition) is 3. The number of ether oxygens (including phenoxy) is 1. The lowest BCUT2D eigenvalue weighted by Gasteiger charge is -2.34. The zero-order chi connectivity index (χ0) is 13.5. The fourth-order valence-corrected chi connectivity index (χ4v) is 2.43. The van der Waals surface area contributed by atoms with Gasteiger partial charge in [-0.15, -0.1) is 0 Å². The van der Waals surface area contributed by atoms with E-state index in [9.17, 15) is 9.90 Å². The molecule has 0 aliphatic carbocycles. The van der Waals surface area contributed by atoms with Gasteiger partial charge < -0.3 is 14.7 Å². The molecule has 0 spiro atoms. The highest BCUT2D eigenvalue weighted by atomic mass is 16.5. The van der Waals surface area contributed by atoms with Crippen molar-refractivity contribution in [3.05, 3.63) is 35.9 Å². The van der Waals surface area contributed by atoms with E-state index < -0.39 is 0 Å². The first-order valence-corrected chi connectivity index (χ1v) is 6.83. The van der Waals surface area contributed by atoms with Gasteiger partial charge in [-0.25, -0.2) is 0 Å². The fraction of sp³-hybridized carbons (Fsp3) is 0.533. The Kier molecular flexibility index (Phi) is 5.36. The monoisotopic (exact) mass is 263 g/mol. The molecule has 1 saturated heterocycles. The number of hydrogen-bond donors (Lipinski definition) is 1. The quantitative estimate of drug-likeness (QED) is 0.877. The van der Waals surface area contributed by atoms with Crippen LogP contribution in [0.15, 0.2) is 30.3 Å². The Balaban J connectivity index is 1.77. The van der Waals surface area contributed by atoms with Crippen LogP contribution in [0.25, 0.3) is 0 Å². The summed E-state index contributed by atoms with van der Waals surface area (Å²) in [6, 6.07) is 9.78. The Morgan fingerprint density at radius 1 is 1.32 bits per heavy atom. The molecule has 2 rings (SSSR count). The van der Waals surface area contributed by atoms with Crippen molar-refractivity contribution in [2.45, 2.75) is 31.9 Å². The number of aliphatic hydroxyl groups is 1. The summed E-state index contributed by atoms with van der Waals surface area (Å²) in [6.07, 6.45) is 2.99. The molecule has 1 aromatic carbocycles. The lowest BCUT2D eigenvalue weighted by Crippen LogP contribution is -2.47. The molecule has 0 radical (unpaired) electrons. The normalized spacial score (nSPS) is 19.4. The molecule has 19 heavy (non-hydrogen) atoms. The number of nitrogens with zero attached hydrogens (tertiary/aromatic N) is 1. The average molecular weight is 263 g/mol. The molecule has 0 bridgehead atoms. The largest absolute Gasteiger partial charge is 0.394 e. The maximum atomic E-state index is 12.0. The van der Waals surface area contributed by atoms with Crippen molar-refractivity contribution in [1.82, 2.24) is 4.90 Å². The van der Waals surface area contributed by atoms with E-state index in [2.05, 4.69) is 0 Å². The Labute approximate surface area is 114 Å². The van der Waals surface area contributed by atoms with Gasteiger partial charge in [-0.05, 0) is 24.8 Å². The minimum absolute atomic E-state index is 0.0188. The van der Waals surface area contributed by atoms with Gasteiger partial charge in [0.15, 0.2) is 0 Å². The first-order chi connectivity index (χ1) is 9.31. The highest BCUT2D eigenvalue weighted by Crippen LogP contribution is 2.16. The molecule has 1 fully saturated rings. The second-order valence-electron chi connectivity index (χ2n) is 4.90. The predicted molar refractivity (Wildman–Crippen MR) is 72.5 cm³/mol. The molecule has 4 nitrogen and oxygen atoms in total. The zero-order valence-corrected chi connectivity index (χ0v) is 11.1. The summed E-state index contributed by atoms with van der Waals surface area (Å²) < 4.78 is 5.45.